The van der Waals surface area contributed by atoms with Crippen LogP contribution in [0.25, 0.3) is 6.08 Å². The van der Waals surface area contributed by atoms with Crippen LogP contribution in [0.15, 0.2) is 103 Å². The first-order valence-electron chi connectivity index (χ1n) is 14.3. The van der Waals surface area contributed by atoms with Crippen LogP contribution in [0.5, 0.6) is 11.5 Å². The summed E-state index contributed by atoms with van der Waals surface area (Å²) in [4.78, 5) is 46.0. The number of ketones is 2. The van der Waals surface area contributed by atoms with Crippen molar-refractivity contribution in [2.45, 2.75) is 17.5 Å². The van der Waals surface area contributed by atoms with Crippen molar-refractivity contribution in [2.24, 2.45) is 5.92 Å². The molecule has 3 heterocycles. The van der Waals surface area contributed by atoms with E-state index in [4.69, 9.17) is 14.7 Å². The van der Waals surface area contributed by atoms with E-state index in [0.29, 0.717) is 33.9 Å². The second-order valence-electron chi connectivity index (χ2n) is 11.0. The Kier molecular flexibility index (Phi) is 6.51. The van der Waals surface area contributed by atoms with E-state index in [9.17, 15) is 14.4 Å². The summed E-state index contributed by atoms with van der Waals surface area (Å²) in [6, 6.07) is 28.8. The molecule has 4 atom stereocenters. The first kappa shape index (κ1) is 27.2. The molecule has 0 saturated carbocycles. The smallest absolute Gasteiger partial charge is 0.238 e. The van der Waals surface area contributed by atoms with Crippen LogP contribution in [0.3, 0.4) is 0 Å². The van der Waals surface area contributed by atoms with E-state index in [1.54, 1.807) is 55.6 Å². The molecule has 0 aromatic heterocycles. The standard InChI is InChI=1S/C36H27N3O5/c1-43-25-14-10-24(11-15-25)33(41)31-30(32(40)23-12-16-26(17-13-23)44-21-19-37)36(28-8-4-5-9-29(28)38-35(36)42)34-27-7-3-2-6-22(27)18-20-39(31)34/h2-18,20,30-31,34H,21H2,1H3,(H,38,42)/t30-,31-,34-,36+/m1/s1. The van der Waals surface area contributed by atoms with Crippen molar-refractivity contribution in [1.29, 1.82) is 5.26 Å². The van der Waals surface area contributed by atoms with Crippen molar-refractivity contribution >= 4 is 29.2 Å². The van der Waals surface area contributed by atoms with Gasteiger partial charge >= 0.3 is 0 Å². The predicted octanol–water partition coefficient (Wildman–Crippen LogP) is 5.58. The number of Topliss-reactive ketones (excluding diaryl/α,β-unsaturated/α-hetero) is 2. The molecular formula is C36H27N3O5. The molecule has 216 valence electrons. The Balaban J connectivity index is 1.46. The summed E-state index contributed by atoms with van der Waals surface area (Å²) >= 11 is 0. The number of carbonyl (C=O) groups excluding carboxylic acids is 3. The lowest BCUT2D eigenvalue weighted by Crippen LogP contribution is -2.49. The molecule has 4 aromatic rings. The van der Waals surface area contributed by atoms with Gasteiger partial charge < -0.3 is 19.7 Å². The van der Waals surface area contributed by atoms with Gasteiger partial charge in [0, 0.05) is 23.0 Å². The molecule has 1 amide bonds. The molecule has 7 rings (SSSR count). The van der Waals surface area contributed by atoms with Gasteiger partial charge in [-0.3, -0.25) is 14.4 Å². The van der Waals surface area contributed by atoms with Crippen molar-refractivity contribution < 1.29 is 23.9 Å². The number of fused-ring (bicyclic) bond motifs is 6. The molecule has 8 heteroatoms. The van der Waals surface area contributed by atoms with Gasteiger partial charge in [-0.05, 0) is 77.4 Å². The number of ether oxygens (including phenoxy) is 2. The third kappa shape index (κ3) is 3.93. The van der Waals surface area contributed by atoms with Gasteiger partial charge in [0.05, 0.1) is 19.1 Å². The largest absolute Gasteiger partial charge is 0.497 e. The molecule has 4 aromatic carbocycles. The van der Waals surface area contributed by atoms with Crippen LogP contribution in [-0.4, -0.2) is 42.1 Å². The number of carbonyl (C=O) groups is 3. The van der Waals surface area contributed by atoms with Crippen LogP contribution >= 0.6 is 0 Å². The summed E-state index contributed by atoms with van der Waals surface area (Å²) < 4.78 is 10.7. The maximum Gasteiger partial charge on any atom is 0.238 e. The summed E-state index contributed by atoms with van der Waals surface area (Å²) in [6.45, 7) is -0.128. The molecule has 3 aliphatic heterocycles. The average molecular weight is 582 g/mol. The zero-order chi connectivity index (χ0) is 30.4. The van der Waals surface area contributed by atoms with Gasteiger partial charge in [-0.25, -0.2) is 0 Å². The highest BCUT2D eigenvalue weighted by Gasteiger charge is 2.70. The molecule has 0 unspecified atom stereocenters. The van der Waals surface area contributed by atoms with Gasteiger partial charge in [0.25, 0.3) is 0 Å². The lowest BCUT2D eigenvalue weighted by atomic mass is 9.62. The maximum absolute atomic E-state index is 14.9. The first-order chi connectivity index (χ1) is 21.5. The molecule has 0 radical (unpaired) electrons. The van der Waals surface area contributed by atoms with Crippen LogP contribution in [0.2, 0.25) is 0 Å². The Hall–Kier alpha value is -5.68. The fourth-order valence-electron chi connectivity index (χ4n) is 7.10. The van der Waals surface area contributed by atoms with E-state index in [0.717, 1.165) is 11.1 Å². The number of nitrogens with zero attached hydrogens (tertiary/aromatic N) is 2. The number of nitriles is 1. The highest BCUT2D eigenvalue weighted by atomic mass is 16.5. The molecule has 1 N–H and O–H groups in total. The number of amides is 1. The van der Waals surface area contributed by atoms with Crippen LogP contribution in [0.1, 0.15) is 43.4 Å². The Morgan fingerprint density at radius 2 is 1.55 bits per heavy atom. The van der Waals surface area contributed by atoms with Crippen molar-refractivity contribution in [2.75, 3.05) is 19.0 Å². The fourth-order valence-corrected chi connectivity index (χ4v) is 7.10. The number of methoxy groups -OCH3 is 1. The molecule has 44 heavy (non-hydrogen) atoms. The number of nitrogens with one attached hydrogen (secondary N) is 1. The molecular weight excluding hydrogens is 554 g/mol. The van der Waals surface area contributed by atoms with Crippen LogP contribution in [-0.2, 0) is 10.2 Å². The second kappa shape index (κ2) is 10.5. The Morgan fingerprint density at radius 1 is 0.886 bits per heavy atom. The van der Waals surface area contributed by atoms with Crippen molar-refractivity contribution in [1.82, 2.24) is 4.90 Å². The molecule has 1 spiro atoms. The lowest BCUT2D eigenvalue weighted by molar-refractivity contribution is -0.122. The van der Waals surface area contributed by atoms with Gasteiger partial charge in [-0.1, -0.05) is 42.5 Å². The van der Waals surface area contributed by atoms with Gasteiger partial charge in [0.15, 0.2) is 18.2 Å². The topological polar surface area (TPSA) is 109 Å². The Morgan fingerprint density at radius 3 is 2.27 bits per heavy atom. The summed E-state index contributed by atoms with van der Waals surface area (Å²) in [6.07, 6.45) is 3.78. The zero-order valence-electron chi connectivity index (χ0n) is 23.8. The van der Waals surface area contributed by atoms with E-state index < -0.39 is 23.4 Å². The SMILES string of the molecule is COc1ccc(C(=O)[C@H]2[C@H](C(=O)c3ccc(OCC#N)cc3)[C@]3(C(=O)Nc4ccccc43)[C@H]3c4ccccc4C=CN23)cc1. The summed E-state index contributed by atoms with van der Waals surface area (Å²) in [5.41, 5.74) is 2.42. The molecule has 1 fully saturated rings. The second-order valence-corrected chi connectivity index (χ2v) is 11.0. The quantitative estimate of drug-likeness (QED) is 0.284. The van der Waals surface area contributed by atoms with E-state index >= 15 is 0 Å². The van der Waals surface area contributed by atoms with E-state index in [-0.39, 0.29) is 24.1 Å². The van der Waals surface area contributed by atoms with Crippen LogP contribution in [0.4, 0.5) is 5.69 Å². The average Bonchev–Trinajstić information content (AvgIpc) is 3.55. The highest BCUT2D eigenvalue weighted by Crippen LogP contribution is 2.62. The molecule has 1 saturated heterocycles. The molecule has 0 bridgehead atoms. The highest BCUT2D eigenvalue weighted by molar-refractivity contribution is 6.16. The molecule has 8 nitrogen and oxygen atoms in total. The Bertz CT molecular complexity index is 1880. The minimum atomic E-state index is -1.42. The number of hydrogen-bond acceptors (Lipinski definition) is 7. The summed E-state index contributed by atoms with van der Waals surface area (Å²) in [7, 11) is 1.56. The normalized spacial score (nSPS) is 22.4. The van der Waals surface area contributed by atoms with Crippen molar-refractivity contribution in [3.8, 4) is 17.6 Å². The van der Waals surface area contributed by atoms with Crippen molar-refractivity contribution in [3.05, 3.63) is 131 Å². The van der Waals surface area contributed by atoms with Gasteiger partial charge in [-0.2, -0.15) is 5.26 Å². The molecule has 0 aliphatic carbocycles. The third-order valence-corrected chi connectivity index (χ3v) is 8.94. The minimum Gasteiger partial charge on any atom is -0.497 e. The van der Waals surface area contributed by atoms with Crippen LogP contribution in [0, 0.1) is 17.2 Å². The summed E-state index contributed by atoms with van der Waals surface area (Å²) in [5.74, 6) is -0.986. The minimum absolute atomic E-state index is 0.128. The number of hydrogen-bond donors (Lipinski definition) is 1. The lowest BCUT2D eigenvalue weighted by Gasteiger charge is -2.38. The third-order valence-electron chi connectivity index (χ3n) is 8.94. The van der Waals surface area contributed by atoms with Crippen molar-refractivity contribution in [3.63, 3.8) is 0 Å². The van der Waals surface area contributed by atoms with Gasteiger partial charge in [0.1, 0.15) is 29.0 Å². The number of rotatable bonds is 7. The zero-order valence-corrected chi connectivity index (χ0v) is 23.8. The fraction of sp³-hybridized carbons (Fsp3) is 0.167. The number of anilines is 1. The van der Waals surface area contributed by atoms with E-state index in [1.165, 1.54) is 0 Å². The van der Waals surface area contributed by atoms with Crippen LogP contribution < -0.4 is 14.8 Å². The van der Waals surface area contributed by atoms with E-state index in [2.05, 4.69) is 5.32 Å². The summed E-state index contributed by atoms with van der Waals surface area (Å²) in [5, 5.41) is 12.0. The number of benzene rings is 4. The maximum atomic E-state index is 14.9. The van der Waals surface area contributed by atoms with E-state index in [1.807, 2.05) is 71.8 Å². The Labute approximate surface area is 254 Å². The van der Waals surface area contributed by atoms with Gasteiger partial charge in [0.2, 0.25) is 5.91 Å². The van der Waals surface area contributed by atoms with Gasteiger partial charge in [-0.15, -0.1) is 0 Å². The molecule has 3 aliphatic rings. The monoisotopic (exact) mass is 581 g/mol. The number of para-hydroxylation sites is 1. The first-order valence-corrected chi connectivity index (χ1v) is 14.3. The predicted molar refractivity (Wildman–Crippen MR) is 163 cm³/mol.